The van der Waals surface area contributed by atoms with Crippen molar-refractivity contribution in [2.24, 2.45) is 11.8 Å². The lowest BCUT2D eigenvalue weighted by Crippen LogP contribution is -2.52. The minimum atomic E-state index is -0.733. The first-order valence-electron chi connectivity index (χ1n) is 11.8. The average molecular weight is 514 g/mol. The van der Waals surface area contributed by atoms with Crippen molar-refractivity contribution < 1.29 is 19.5 Å². The predicted molar refractivity (Wildman–Crippen MR) is 137 cm³/mol. The zero-order valence-electron chi connectivity index (χ0n) is 19.4. The number of thioether (sulfide) groups is 1. The molecule has 3 saturated heterocycles. The first-order chi connectivity index (χ1) is 16.8. The number of fused-ring (bicyclic) bond motifs is 1. The quantitative estimate of drug-likeness (QED) is 0.523. The molecular formula is C26H28ClN3O4S. The van der Waals surface area contributed by atoms with Crippen LogP contribution in [0.1, 0.15) is 26.2 Å². The van der Waals surface area contributed by atoms with Gasteiger partial charge in [0.25, 0.3) is 0 Å². The molecule has 0 radical (unpaired) electrons. The molecule has 0 aromatic heterocycles. The highest BCUT2D eigenvalue weighted by atomic mass is 35.5. The molecule has 2 aromatic rings. The number of aliphatic hydroxyl groups excluding tert-OH is 1. The minimum absolute atomic E-state index is 0.0875. The maximum atomic E-state index is 13.9. The molecule has 2 unspecified atom stereocenters. The summed E-state index contributed by atoms with van der Waals surface area (Å²) in [5.74, 6) is -1.80. The first-order valence-corrected chi connectivity index (χ1v) is 13.0. The van der Waals surface area contributed by atoms with Gasteiger partial charge in [-0.05, 0) is 62.6 Å². The Labute approximate surface area is 213 Å². The number of nitrogens with zero attached hydrogens (tertiary/aromatic N) is 1. The number of aliphatic hydroxyl groups is 1. The summed E-state index contributed by atoms with van der Waals surface area (Å²) in [5.41, 5.74) is 1.28. The summed E-state index contributed by atoms with van der Waals surface area (Å²) in [6, 6.07) is 15.3. The van der Waals surface area contributed by atoms with Crippen molar-refractivity contribution in [3.05, 3.63) is 59.6 Å². The van der Waals surface area contributed by atoms with Crippen LogP contribution in [0.15, 0.2) is 54.6 Å². The summed E-state index contributed by atoms with van der Waals surface area (Å²) in [6.07, 6.45) is 1.78. The van der Waals surface area contributed by atoms with E-state index >= 15 is 0 Å². The largest absolute Gasteiger partial charge is 0.396 e. The third-order valence-electron chi connectivity index (χ3n) is 7.52. The molecule has 7 nitrogen and oxygen atoms in total. The Hall–Kier alpha value is -2.55. The van der Waals surface area contributed by atoms with Gasteiger partial charge in [0, 0.05) is 34.3 Å². The summed E-state index contributed by atoms with van der Waals surface area (Å²) in [5, 5.41) is 16.0. The van der Waals surface area contributed by atoms with Crippen LogP contribution in [0.2, 0.25) is 5.02 Å². The van der Waals surface area contributed by atoms with Crippen molar-refractivity contribution in [1.82, 2.24) is 4.90 Å². The number of hydrogen-bond acceptors (Lipinski definition) is 5. The Balaban J connectivity index is 1.48. The SMILES string of the molecule is C[C@]12CCC3(S1)C(C(=O)Nc1ccc(Cl)cc1)N(CCCO)C(=O)[C@@H]3[C@H]2C(=O)Nc1ccccc1. The van der Waals surface area contributed by atoms with Gasteiger partial charge in [-0.25, -0.2) is 0 Å². The average Bonchev–Trinajstić information content (AvgIpc) is 3.40. The molecule has 2 bridgehead atoms. The van der Waals surface area contributed by atoms with Crippen LogP contribution in [-0.4, -0.2) is 56.4 Å². The molecule has 3 fully saturated rings. The number of rotatable bonds is 7. The van der Waals surface area contributed by atoms with E-state index in [2.05, 4.69) is 10.6 Å². The maximum Gasteiger partial charge on any atom is 0.248 e. The van der Waals surface area contributed by atoms with Gasteiger partial charge in [-0.15, -0.1) is 11.8 Å². The van der Waals surface area contributed by atoms with E-state index in [0.717, 1.165) is 6.42 Å². The molecule has 0 aliphatic carbocycles. The molecule has 5 atom stereocenters. The Morgan fingerprint density at radius 1 is 1.06 bits per heavy atom. The summed E-state index contributed by atoms with van der Waals surface area (Å²) >= 11 is 7.61. The highest BCUT2D eigenvalue weighted by Crippen LogP contribution is 2.71. The first kappa shape index (κ1) is 24.2. The molecule has 3 aliphatic rings. The molecule has 3 N–H and O–H groups in total. The number of nitrogens with one attached hydrogen (secondary N) is 2. The summed E-state index contributed by atoms with van der Waals surface area (Å²) < 4.78 is -1.14. The van der Waals surface area contributed by atoms with Crippen LogP contribution in [0.25, 0.3) is 0 Å². The van der Waals surface area contributed by atoms with E-state index in [1.165, 1.54) is 0 Å². The van der Waals surface area contributed by atoms with Gasteiger partial charge in [0.1, 0.15) is 6.04 Å². The number of benzene rings is 2. The van der Waals surface area contributed by atoms with Crippen molar-refractivity contribution in [2.45, 2.75) is 41.7 Å². The Kier molecular flexibility index (Phi) is 6.32. The lowest BCUT2D eigenvalue weighted by atomic mass is 9.66. The fourth-order valence-electron chi connectivity index (χ4n) is 6.09. The fraction of sp³-hybridized carbons (Fsp3) is 0.423. The van der Waals surface area contributed by atoms with Crippen LogP contribution in [0.4, 0.5) is 11.4 Å². The van der Waals surface area contributed by atoms with Gasteiger partial charge in [-0.3, -0.25) is 14.4 Å². The van der Waals surface area contributed by atoms with Crippen molar-refractivity contribution in [2.75, 3.05) is 23.8 Å². The van der Waals surface area contributed by atoms with Crippen LogP contribution in [0.5, 0.6) is 0 Å². The van der Waals surface area contributed by atoms with E-state index in [0.29, 0.717) is 29.2 Å². The van der Waals surface area contributed by atoms with Gasteiger partial charge < -0.3 is 20.6 Å². The van der Waals surface area contributed by atoms with Crippen molar-refractivity contribution in [1.29, 1.82) is 0 Å². The highest BCUT2D eigenvalue weighted by Gasteiger charge is 2.77. The van der Waals surface area contributed by atoms with Crippen molar-refractivity contribution in [3.8, 4) is 0 Å². The second kappa shape index (κ2) is 9.15. The van der Waals surface area contributed by atoms with Gasteiger partial charge in [-0.1, -0.05) is 29.8 Å². The molecule has 3 aliphatic heterocycles. The van der Waals surface area contributed by atoms with E-state index in [4.69, 9.17) is 11.6 Å². The Bertz CT molecular complexity index is 1150. The van der Waals surface area contributed by atoms with Crippen molar-refractivity contribution in [3.63, 3.8) is 0 Å². The fourth-order valence-corrected chi connectivity index (χ4v) is 8.58. The normalized spacial score (nSPS) is 30.9. The molecular weight excluding hydrogens is 486 g/mol. The second-order valence-electron chi connectivity index (χ2n) is 9.69. The van der Waals surface area contributed by atoms with E-state index in [9.17, 15) is 19.5 Å². The van der Waals surface area contributed by atoms with Gasteiger partial charge in [0.15, 0.2) is 0 Å². The number of carbonyl (C=O) groups is 3. The van der Waals surface area contributed by atoms with E-state index in [-0.39, 0.29) is 30.9 Å². The Morgan fingerprint density at radius 2 is 1.71 bits per heavy atom. The molecule has 184 valence electrons. The molecule has 5 rings (SSSR count). The van der Waals surface area contributed by atoms with Gasteiger partial charge in [0.2, 0.25) is 17.7 Å². The number of anilines is 2. The molecule has 2 aromatic carbocycles. The molecule has 0 saturated carbocycles. The van der Waals surface area contributed by atoms with Crippen LogP contribution >= 0.6 is 23.4 Å². The minimum Gasteiger partial charge on any atom is -0.396 e. The standard InChI is InChI=1S/C26H28ClN3O4S/c1-25-12-13-26(35-25)20(19(25)22(32)28-17-6-3-2-4-7-17)24(34)30(14-5-15-31)21(26)23(33)29-18-10-8-16(27)9-11-18/h2-4,6-11,19-21,31H,5,12-15H2,1H3,(H,28,32)(H,29,33)/t19-,20-,21?,25+,26?/m0/s1. The zero-order valence-corrected chi connectivity index (χ0v) is 20.9. The molecule has 9 heteroatoms. The van der Waals surface area contributed by atoms with Gasteiger partial charge >= 0.3 is 0 Å². The summed E-state index contributed by atoms with van der Waals surface area (Å²) in [4.78, 5) is 42.7. The summed E-state index contributed by atoms with van der Waals surface area (Å²) in [6.45, 7) is 2.21. The monoisotopic (exact) mass is 513 g/mol. The summed E-state index contributed by atoms with van der Waals surface area (Å²) in [7, 11) is 0. The number of halogens is 1. The number of carbonyl (C=O) groups excluding carboxylic acids is 3. The van der Waals surface area contributed by atoms with Gasteiger partial charge in [-0.2, -0.15) is 0 Å². The lowest BCUT2D eigenvalue weighted by molar-refractivity contribution is -0.139. The van der Waals surface area contributed by atoms with E-state index in [1.54, 1.807) is 40.9 Å². The van der Waals surface area contributed by atoms with Crippen LogP contribution in [0, 0.1) is 11.8 Å². The lowest BCUT2D eigenvalue weighted by Gasteiger charge is -2.34. The number of amides is 3. The molecule has 1 spiro atoms. The zero-order chi connectivity index (χ0) is 24.8. The number of likely N-dealkylation sites (tertiary alicyclic amines) is 1. The maximum absolute atomic E-state index is 13.9. The smallest absolute Gasteiger partial charge is 0.248 e. The molecule has 35 heavy (non-hydrogen) atoms. The molecule has 3 heterocycles. The third-order valence-corrected chi connectivity index (χ3v) is 9.76. The second-order valence-corrected chi connectivity index (χ2v) is 12.0. The number of hydrogen-bond donors (Lipinski definition) is 3. The highest BCUT2D eigenvalue weighted by molar-refractivity contribution is 8.02. The molecule has 3 amide bonds. The van der Waals surface area contributed by atoms with Gasteiger partial charge in [0.05, 0.1) is 16.6 Å². The topological polar surface area (TPSA) is 98.7 Å². The number of para-hydroxylation sites is 1. The van der Waals surface area contributed by atoms with E-state index < -0.39 is 27.4 Å². The van der Waals surface area contributed by atoms with E-state index in [1.807, 2.05) is 37.3 Å². The third kappa shape index (κ3) is 4.01. The van der Waals surface area contributed by atoms with Crippen LogP contribution in [-0.2, 0) is 14.4 Å². The van der Waals surface area contributed by atoms with Crippen LogP contribution in [0.3, 0.4) is 0 Å². The van der Waals surface area contributed by atoms with Crippen LogP contribution < -0.4 is 10.6 Å². The Morgan fingerprint density at radius 3 is 2.40 bits per heavy atom. The predicted octanol–water partition coefficient (Wildman–Crippen LogP) is 3.78. The van der Waals surface area contributed by atoms with Crippen molar-refractivity contribution >= 4 is 52.5 Å².